The summed E-state index contributed by atoms with van der Waals surface area (Å²) in [6.07, 6.45) is 5.17. The first-order valence-corrected chi connectivity index (χ1v) is 12.6. The molecule has 4 heterocycles. The van der Waals surface area contributed by atoms with Crippen molar-refractivity contribution in [2.24, 2.45) is 12.5 Å². The van der Waals surface area contributed by atoms with Crippen LogP contribution in [0.1, 0.15) is 24.8 Å². The summed E-state index contributed by atoms with van der Waals surface area (Å²) in [6, 6.07) is 10.00. The van der Waals surface area contributed by atoms with Crippen molar-refractivity contribution in [3.63, 3.8) is 0 Å². The molecule has 2 aromatic carbocycles. The molecule has 9 heteroatoms. The SMILES string of the molecule is [C-]#[N+]c1ccc(-c2nc(N3CCC4(CCNC4)CC3)c(C)c(=O)n2-c2ccc3nn(C)cc3c2)cc1F. The zero-order valence-corrected chi connectivity index (χ0v) is 21.0. The van der Waals surface area contributed by atoms with Crippen LogP contribution in [0.25, 0.3) is 32.8 Å². The molecule has 0 unspecified atom stereocenters. The van der Waals surface area contributed by atoms with Crippen LogP contribution < -0.4 is 15.8 Å². The van der Waals surface area contributed by atoms with Crippen LogP contribution in [0.5, 0.6) is 0 Å². The highest BCUT2D eigenvalue weighted by Gasteiger charge is 2.38. The summed E-state index contributed by atoms with van der Waals surface area (Å²) in [7, 11) is 1.85. The zero-order valence-electron chi connectivity index (χ0n) is 21.0. The normalized spacial score (nSPS) is 17.0. The maximum absolute atomic E-state index is 14.7. The number of nitrogens with zero attached hydrogens (tertiary/aromatic N) is 6. The minimum Gasteiger partial charge on any atom is -0.356 e. The first kappa shape index (κ1) is 23.4. The van der Waals surface area contributed by atoms with Crippen molar-refractivity contribution in [3.05, 3.63) is 75.7 Å². The van der Waals surface area contributed by atoms with Crippen LogP contribution >= 0.6 is 0 Å². The number of benzene rings is 2. The Morgan fingerprint density at radius 2 is 1.95 bits per heavy atom. The summed E-state index contributed by atoms with van der Waals surface area (Å²) < 4.78 is 18.0. The molecule has 0 atom stereocenters. The fourth-order valence-corrected chi connectivity index (χ4v) is 5.76. The van der Waals surface area contributed by atoms with E-state index in [-0.39, 0.29) is 11.2 Å². The van der Waals surface area contributed by atoms with Gasteiger partial charge in [-0.3, -0.25) is 14.0 Å². The number of rotatable bonds is 3. The summed E-state index contributed by atoms with van der Waals surface area (Å²) >= 11 is 0. The Morgan fingerprint density at radius 3 is 2.65 bits per heavy atom. The molecule has 0 aliphatic carbocycles. The second-order valence-electron chi connectivity index (χ2n) is 10.3. The van der Waals surface area contributed by atoms with Crippen molar-refractivity contribution in [2.75, 3.05) is 31.1 Å². The molecular weight excluding hydrogens is 469 g/mol. The lowest BCUT2D eigenvalue weighted by molar-refractivity contribution is 0.247. The van der Waals surface area contributed by atoms with Crippen LogP contribution in [0.15, 0.2) is 47.4 Å². The molecule has 0 bridgehead atoms. The summed E-state index contributed by atoms with van der Waals surface area (Å²) in [6.45, 7) is 12.8. The molecule has 6 rings (SSSR count). The monoisotopic (exact) mass is 497 g/mol. The quantitative estimate of drug-likeness (QED) is 0.426. The summed E-state index contributed by atoms with van der Waals surface area (Å²) in [5.74, 6) is 0.369. The lowest BCUT2D eigenvalue weighted by Gasteiger charge is -2.40. The van der Waals surface area contributed by atoms with Crippen molar-refractivity contribution in [3.8, 4) is 17.1 Å². The highest BCUT2D eigenvalue weighted by molar-refractivity contribution is 5.81. The van der Waals surface area contributed by atoms with E-state index in [1.54, 1.807) is 15.3 Å². The molecular formula is C28H28FN7O. The van der Waals surface area contributed by atoms with Gasteiger partial charge in [0.05, 0.1) is 23.3 Å². The van der Waals surface area contributed by atoms with E-state index in [1.165, 1.54) is 18.6 Å². The third-order valence-corrected chi connectivity index (χ3v) is 7.93. The first-order chi connectivity index (χ1) is 17.9. The lowest BCUT2D eigenvalue weighted by Crippen LogP contribution is -2.43. The molecule has 37 heavy (non-hydrogen) atoms. The van der Waals surface area contributed by atoms with Crippen molar-refractivity contribution in [1.82, 2.24) is 24.6 Å². The second-order valence-corrected chi connectivity index (χ2v) is 10.3. The number of anilines is 1. The average Bonchev–Trinajstić information content (AvgIpc) is 3.51. The Kier molecular flexibility index (Phi) is 5.57. The molecule has 8 nitrogen and oxygen atoms in total. The van der Waals surface area contributed by atoms with Gasteiger partial charge in [-0.2, -0.15) is 5.10 Å². The number of aromatic nitrogens is 4. The van der Waals surface area contributed by atoms with E-state index >= 15 is 0 Å². The first-order valence-electron chi connectivity index (χ1n) is 12.6. The molecule has 2 fully saturated rings. The van der Waals surface area contributed by atoms with Crippen molar-refractivity contribution >= 4 is 22.4 Å². The molecule has 188 valence electrons. The predicted molar refractivity (Wildman–Crippen MR) is 142 cm³/mol. The number of fused-ring (bicyclic) bond motifs is 1. The standard InChI is InChI=1S/C28H28FN7O/c1-18-25(35-12-9-28(10-13-35)8-11-31-17-28)32-26(19-4-6-24(30-2)22(29)15-19)36(27(18)37)21-5-7-23-20(14-21)16-34(3)33-23/h4-7,14-16,31H,8-13,17H2,1,3H3. The molecule has 0 saturated carbocycles. The maximum Gasteiger partial charge on any atom is 0.263 e. The molecule has 2 saturated heterocycles. The summed E-state index contributed by atoms with van der Waals surface area (Å²) in [5, 5.41) is 8.81. The topological polar surface area (TPSA) is 72.3 Å². The van der Waals surface area contributed by atoms with Gasteiger partial charge in [0, 0.05) is 43.8 Å². The van der Waals surface area contributed by atoms with E-state index in [0.29, 0.717) is 33.9 Å². The third kappa shape index (κ3) is 3.98. The molecule has 2 aliphatic heterocycles. The molecule has 2 aromatic heterocycles. The molecule has 4 aromatic rings. The Morgan fingerprint density at radius 1 is 1.14 bits per heavy atom. The van der Waals surface area contributed by atoms with Gasteiger partial charge in [-0.1, -0.05) is 12.1 Å². The van der Waals surface area contributed by atoms with E-state index in [0.717, 1.165) is 49.9 Å². The Hall–Kier alpha value is -4.03. The fourth-order valence-electron chi connectivity index (χ4n) is 5.76. The highest BCUT2D eigenvalue weighted by Crippen LogP contribution is 2.38. The summed E-state index contributed by atoms with van der Waals surface area (Å²) in [4.78, 5) is 24.4. The van der Waals surface area contributed by atoms with E-state index in [9.17, 15) is 9.18 Å². The van der Waals surface area contributed by atoms with Gasteiger partial charge in [0.1, 0.15) is 17.5 Å². The van der Waals surface area contributed by atoms with E-state index in [2.05, 4.69) is 20.2 Å². The highest BCUT2D eigenvalue weighted by atomic mass is 19.1. The molecule has 2 aliphatic rings. The maximum atomic E-state index is 14.7. The number of nitrogens with one attached hydrogen (secondary N) is 1. The minimum absolute atomic E-state index is 0.0618. The van der Waals surface area contributed by atoms with Crippen LogP contribution in [0.3, 0.4) is 0 Å². The van der Waals surface area contributed by atoms with Gasteiger partial charge in [0.2, 0.25) is 5.69 Å². The molecule has 1 spiro atoms. The molecule has 0 amide bonds. The van der Waals surface area contributed by atoms with E-state index in [4.69, 9.17) is 11.6 Å². The van der Waals surface area contributed by atoms with Crippen LogP contribution in [0.2, 0.25) is 0 Å². The number of hydrogen-bond donors (Lipinski definition) is 1. The van der Waals surface area contributed by atoms with E-state index in [1.807, 2.05) is 38.4 Å². The number of hydrogen-bond acceptors (Lipinski definition) is 5. The Bertz CT molecular complexity index is 1610. The molecule has 0 radical (unpaired) electrons. The van der Waals surface area contributed by atoms with Crippen molar-refractivity contribution in [2.45, 2.75) is 26.2 Å². The second kappa shape index (κ2) is 8.82. The van der Waals surface area contributed by atoms with Crippen LogP contribution in [-0.2, 0) is 7.05 Å². The van der Waals surface area contributed by atoms with Crippen LogP contribution in [-0.4, -0.2) is 45.5 Å². The largest absolute Gasteiger partial charge is 0.356 e. The minimum atomic E-state index is -0.633. The van der Waals surface area contributed by atoms with Gasteiger partial charge in [-0.15, -0.1) is 0 Å². The van der Waals surface area contributed by atoms with E-state index < -0.39 is 5.82 Å². The number of piperidine rings is 1. The van der Waals surface area contributed by atoms with Gasteiger partial charge in [0.15, 0.2) is 0 Å². The fraction of sp³-hybridized carbons (Fsp3) is 0.357. The average molecular weight is 498 g/mol. The Labute approximate surface area is 214 Å². The van der Waals surface area contributed by atoms with Crippen molar-refractivity contribution < 1.29 is 4.39 Å². The van der Waals surface area contributed by atoms with Gasteiger partial charge >= 0.3 is 0 Å². The number of halogens is 1. The lowest BCUT2D eigenvalue weighted by atomic mass is 9.78. The molecule has 1 N–H and O–H groups in total. The zero-order chi connectivity index (χ0) is 25.7. The van der Waals surface area contributed by atoms with Gasteiger partial charge in [0.25, 0.3) is 5.56 Å². The Balaban J connectivity index is 1.51. The third-order valence-electron chi connectivity index (χ3n) is 7.93. The smallest absolute Gasteiger partial charge is 0.263 e. The predicted octanol–water partition coefficient (Wildman–Crippen LogP) is 4.36. The van der Waals surface area contributed by atoms with Crippen molar-refractivity contribution in [1.29, 1.82) is 0 Å². The van der Waals surface area contributed by atoms with Crippen LogP contribution in [0, 0.1) is 24.7 Å². The number of aryl methyl sites for hydroxylation is 1. The van der Waals surface area contributed by atoms with Gasteiger partial charge in [-0.05, 0) is 62.4 Å². The summed E-state index contributed by atoms with van der Waals surface area (Å²) in [5.41, 5.74) is 2.54. The van der Waals surface area contributed by atoms with Gasteiger partial charge in [-0.25, -0.2) is 14.2 Å². The van der Waals surface area contributed by atoms with Gasteiger partial charge < -0.3 is 10.2 Å². The van der Waals surface area contributed by atoms with Crippen LogP contribution in [0.4, 0.5) is 15.9 Å².